The SMILES string of the molecule is CCOC[Si](O)[P+](=O)[O-]. The molecule has 0 fully saturated rings. The van der Waals surface area contributed by atoms with Gasteiger partial charge in [0.2, 0.25) is 0 Å². The Morgan fingerprint density at radius 1 is 1.89 bits per heavy atom. The van der Waals surface area contributed by atoms with Crippen LogP contribution in [0.4, 0.5) is 0 Å². The van der Waals surface area contributed by atoms with E-state index in [1.165, 1.54) is 0 Å². The number of rotatable bonds is 4. The van der Waals surface area contributed by atoms with Gasteiger partial charge in [-0.15, -0.1) is 0 Å². The average molecular weight is 167 g/mol. The Morgan fingerprint density at radius 3 is 2.78 bits per heavy atom. The Kier molecular flexibility index (Phi) is 5.13. The second kappa shape index (κ2) is 5.02. The van der Waals surface area contributed by atoms with Crippen molar-refractivity contribution in [2.45, 2.75) is 6.92 Å². The highest BCUT2D eigenvalue weighted by molar-refractivity contribution is 7.74. The van der Waals surface area contributed by atoms with E-state index in [0.717, 1.165) is 0 Å². The van der Waals surface area contributed by atoms with E-state index in [2.05, 4.69) is 4.74 Å². The largest absolute Gasteiger partial charge is 0.607 e. The Balaban J connectivity index is 3.27. The molecular weight excluding hydrogens is 159 g/mol. The van der Waals surface area contributed by atoms with Crippen LogP contribution in [0, 0.1) is 0 Å². The molecular formula is C3H8O4PSi. The van der Waals surface area contributed by atoms with Gasteiger partial charge in [0.15, 0.2) is 0 Å². The number of hydrogen-bond donors (Lipinski definition) is 1. The third kappa shape index (κ3) is 4.68. The fourth-order valence-electron chi connectivity index (χ4n) is 0.246. The van der Waals surface area contributed by atoms with Crippen molar-refractivity contribution in [1.82, 2.24) is 0 Å². The Hall–Kier alpha value is 0.197. The third-order valence-electron chi connectivity index (χ3n) is 0.646. The lowest BCUT2D eigenvalue weighted by Crippen LogP contribution is -2.20. The maximum atomic E-state index is 9.96. The van der Waals surface area contributed by atoms with Crippen LogP contribution in [0.15, 0.2) is 0 Å². The molecule has 4 nitrogen and oxygen atoms in total. The summed E-state index contributed by atoms with van der Waals surface area (Å²) in [6.07, 6.45) is -0.0279. The zero-order valence-electron chi connectivity index (χ0n) is 5.03. The molecule has 6 heteroatoms. The summed E-state index contributed by atoms with van der Waals surface area (Å²) in [6.45, 7) is 2.19. The second-order valence-electron chi connectivity index (χ2n) is 1.31. The van der Waals surface area contributed by atoms with Gasteiger partial charge >= 0.3 is 8.71 Å². The fraction of sp³-hybridized carbons (Fsp3) is 1.00. The zero-order chi connectivity index (χ0) is 7.28. The molecule has 0 heterocycles. The summed E-state index contributed by atoms with van der Waals surface area (Å²) in [5.41, 5.74) is 0. The first kappa shape index (κ1) is 9.20. The Morgan fingerprint density at radius 2 is 2.44 bits per heavy atom. The van der Waals surface area contributed by atoms with E-state index in [-0.39, 0.29) is 6.23 Å². The number of ether oxygens (including phenoxy) is 1. The lowest BCUT2D eigenvalue weighted by atomic mass is 10.9. The lowest BCUT2D eigenvalue weighted by molar-refractivity contribution is -0.160. The Bertz CT molecular complexity index is 97.8. The third-order valence-corrected chi connectivity index (χ3v) is 3.18. The van der Waals surface area contributed by atoms with Crippen LogP contribution in [-0.4, -0.2) is 26.3 Å². The zero-order valence-corrected chi connectivity index (χ0v) is 6.93. The highest BCUT2D eigenvalue weighted by Gasteiger charge is 2.26. The molecule has 53 valence electrons. The van der Waals surface area contributed by atoms with Crippen molar-refractivity contribution in [1.29, 1.82) is 0 Å². The summed E-state index contributed by atoms with van der Waals surface area (Å²) in [5, 5.41) is 0. The maximum absolute atomic E-state index is 9.96. The van der Waals surface area contributed by atoms with Gasteiger partial charge in [-0.25, -0.2) is 0 Å². The lowest BCUT2D eigenvalue weighted by Gasteiger charge is -1.95. The molecule has 0 aliphatic rings. The van der Waals surface area contributed by atoms with Crippen molar-refractivity contribution in [3.63, 3.8) is 0 Å². The minimum atomic E-state index is -2.64. The molecule has 0 aromatic carbocycles. The molecule has 0 spiro atoms. The van der Waals surface area contributed by atoms with Crippen LogP contribution in [0.5, 0.6) is 0 Å². The molecule has 0 aliphatic carbocycles. The summed E-state index contributed by atoms with van der Waals surface area (Å²) in [4.78, 5) is 18.6. The van der Waals surface area contributed by atoms with Gasteiger partial charge in [-0.05, 0) is 6.92 Å². The molecule has 0 bridgehead atoms. The van der Waals surface area contributed by atoms with Crippen molar-refractivity contribution < 1.29 is 19.0 Å². The average Bonchev–Trinajstić information content (AvgIpc) is 1.82. The van der Waals surface area contributed by atoms with Crippen molar-refractivity contribution in [2.75, 3.05) is 12.8 Å². The monoisotopic (exact) mass is 167 g/mol. The highest BCUT2D eigenvalue weighted by Crippen LogP contribution is 2.09. The van der Waals surface area contributed by atoms with E-state index >= 15 is 0 Å². The first-order chi connectivity index (χ1) is 4.18. The molecule has 9 heavy (non-hydrogen) atoms. The summed E-state index contributed by atoms with van der Waals surface area (Å²) in [5.74, 6) is 0. The van der Waals surface area contributed by atoms with Gasteiger partial charge in [-0.3, -0.25) is 0 Å². The smallest absolute Gasteiger partial charge is 0.565 e. The van der Waals surface area contributed by atoms with Crippen molar-refractivity contribution in [3.8, 4) is 0 Å². The van der Waals surface area contributed by atoms with Crippen LogP contribution in [0.25, 0.3) is 0 Å². The summed E-state index contributed by atoms with van der Waals surface area (Å²) in [7, 11) is -4.88. The van der Waals surface area contributed by atoms with Gasteiger partial charge in [0.1, 0.15) is 6.23 Å². The predicted octanol–water partition coefficient (Wildman–Crippen LogP) is -0.855. The van der Waals surface area contributed by atoms with Gasteiger partial charge in [0.25, 0.3) is 7.58 Å². The van der Waals surface area contributed by atoms with Crippen LogP contribution in [0.3, 0.4) is 0 Å². The predicted molar refractivity (Wildman–Crippen MR) is 32.1 cm³/mol. The van der Waals surface area contributed by atoms with Crippen molar-refractivity contribution in [3.05, 3.63) is 0 Å². The molecule has 1 unspecified atom stereocenters. The number of hydrogen-bond acceptors (Lipinski definition) is 4. The minimum Gasteiger partial charge on any atom is -0.607 e. The van der Waals surface area contributed by atoms with Crippen molar-refractivity contribution >= 4 is 16.3 Å². The molecule has 1 atom stereocenters. The summed E-state index contributed by atoms with van der Waals surface area (Å²) in [6, 6.07) is 0. The standard InChI is InChI=1S/C3H8O4PSi/c1-2-7-3-9(6)8(4)5/h6H,2-3H2,1H3. The van der Waals surface area contributed by atoms with Gasteiger partial charge in [-0.1, -0.05) is 4.57 Å². The molecule has 0 aliphatic heterocycles. The normalized spacial score (nSPS) is 12.2. The van der Waals surface area contributed by atoms with E-state index in [9.17, 15) is 9.46 Å². The molecule has 1 radical (unpaired) electrons. The summed E-state index contributed by atoms with van der Waals surface area (Å²) >= 11 is 0. The van der Waals surface area contributed by atoms with Crippen LogP contribution >= 0.6 is 7.58 Å². The van der Waals surface area contributed by atoms with E-state index in [1.807, 2.05) is 0 Å². The molecule has 0 aromatic rings. The van der Waals surface area contributed by atoms with Gasteiger partial charge in [0.05, 0.1) is 0 Å². The first-order valence-electron chi connectivity index (χ1n) is 2.45. The molecule has 0 amide bonds. The van der Waals surface area contributed by atoms with Gasteiger partial charge in [0, 0.05) is 6.61 Å². The van der Waals surface area contributed by atoms with E-state index in [4.69, 9.17) is 4.80 Å². The molecule has 0 rings (SSSR count). The molecule has 0 saturated heterocycles. The van der Waals surface area contributed by atoms with Crippen LogP contribution in [0.1, 0.15) is 6.92 Å². The topological polar surface area (TPSA) is 69.6 Å². The van der Waals surface area contributed by atoms with E-state index < -0.39 is 16.3 Å². The van der Waals surface area contributed by atoms with Gasteiger partial charge < -0.3 is 14.4 Å². The summed E-state index contributed by atoms with van der Waals surface area (Å²) < 4.78 is 14.6. The molecule has 0 aromatic heterocycles. The molecule has 0 saturated carbocycles. The highest BCUT2D eigenvalue weighted by atomic mass is 31.4. The minimum absolute atomic E-state index is 0.0279. The quantitative estimate of drug-likeness (QED) is 0.437. The van der Waals surface area contributed by atoms with Gasteiger partial charge in [-0.2, -0.15) is 0 Å². The van der Waals surface area contributed by atoms with Crippen LogP contribution in [0.2, 0.25) is 0 Å². The van der Waals surface area contributed by atoms with Crippen LogP contribution in [-0.2, 0) is 9.30 Å². The Labute approximate surface area is 55.9 Å². The first-order valence-corrected chi connectivity index (χ1v) is 6.12. The second-order valence-corrected chi connectivity index (χ2v) is 5.59. The van der Waals surface area contributed by atoms with E-state index in [0.29, 0.717) is 6.61 Å². The fourth-order valence-corrected chi connectivity index (χ4v) is 1.33. The van der Waals surface area contributed by atoms with Crippen LogP contribution < -0.4 is 4.89 Å². The maximum Gasteiger partial charge on any atom is 0.565 e. The van der Waals surface area contributed by atoms with E-state index in [1.54, 1.807) is 6.92 Å². The molecule has 1 N–H and O–H groups in total. The van der Waals surface area contributed by atoms with Crippen molar-refractivity contribution in [2.24, 2.45) is 0 Å².